The summed E-state index contributed by atoms with van der Waals surface area (Å²) >= 11 is 0. The van der Waals surface area contributed by atoms with Gasteiger partial charge in [0, 0.05) is 40.6 Å². The van der Waals surface area contributed by atoms with Gasteiger partial charge in [0.25, 0.3) is 5.91 Å². The van der Waals surface area contributed by atoms with E-state index < -0.39 is 35.8 Å². The summed E-state index contributed by atoms with van der Waals surface area (Å²) in [5.41, 5.74) is 1.82. The van der Waals surface area contributed by atoms with Crippen LogP contribution in [-0.2, 0) is 20.7 Å². The molecule has 0 unspecified atom stereocenters. The van der Waals surface area contributed by atoms with Crippen LogP contribution in [0.4, 0.5) is 0 Å². The molecule has 0 saturated heterocycles. The van der Waals surface area contributed by atoms with E-state index >= 15 is 0 Å². The predicted octanol–water partition coefficient (Wildman–Crippen LogP) is 1.64. The summed E-state index contributed by atoms with van der Waals surface area (Å²) in [5.74, 6) is -1.88. The first kappa shape index (κ1) is 21.8. The molecular formula is C24H22N4O5. The molecule has 0 bridgehead atoms. The van der Waals surface area contributed by atoms with Crippen molar-refractivity contribution in [2.24, 2.45) is 0 Å². The van der Waals surface area contributed by atoms with Gasteiger partial charge in [-0.3, -0.25) is 14.4 Å². The molecule has 0 spiro atoms. The predicted molar refractivity (Wildman–Crippen MR) is 123 cm³/mol. The fourth-order valence-electron chi connectivity index (χ4n) is 3.69. The third kappa shape index (κ3) is 4.62. The van der Waals surface area contributed by atoms with Crippen molar-refractivity contribution in [2.45, 2.75) is 12.5 Å². The SMILES string of the molecule is COC(=O)[C@@H](Cc1c[nH]c2ccccc12)NC(=O)CNC(=O)c1c[nH]c2ccccc2c1=O. The molecule has 2 aromatic heterocycles. The second-order valence-corrected chi connectivity index (χ2v) is 7.47. The minimum absolute atomic E-state index is 0.107. The summed E-state index contributed by atoms with van der Waals surface area (Å²) in [6.45, 7) is -0.410. The lowest BCUT2D eigenvalue weighted by Crippen LogP contribution is -2.47. The van der Waals surface area contributed by atoms with E-state index in [1.54, 1.807) is 30.5 Å². The number of amides is 2. The number of rotatable bonds is 7. The average molecular weight is 446 g/mol. The van der Waals surface area contributed by atoms with Crippen molar-refractivity contribution < 1.29 is 19.1 Å². The minimum Gasteiger partial charge on any atom is -0.467 e. The molecular weight excluding hydrogens is 424 g/mol. The van der Waals surface area contributed by atoms with Gasteiger partial charge in [-0.25, -0.2) is 4.79 Å². The Hall–Kier alpha value is -4.40. The topological polar surface area (TPSA) is 133 Å². The maximum atomic E-state index is 12.6. The van der Waals surface area contributed by atoms with Crippen LogP contribution >= 0.6 is 0 Å². The van der Waals surface area contributed by atoms with Crippen molar-refractivity contribution >= 4 is 39.6 Å². The first-order valence-electron chi connectivity index (χ1n) is 10.3. The van der Waals surface area contributed by atoms with Crippen LogP contribution in [0.1, 0.15) is 15.9 Å². The highest BCUT2D eigenvalue weighted by Gasteiger charge is 2.24. The first-order valence-corrected chi connectivity index (χ1v) is 10.3. The lowest BCUT2D eigenvalue weighted by molar-refractivity contribution is -0.144. The zero-order valence-electron chi connectivity index (χ0n) is 17.8. The molecule has 4 aromatic rings. The Labute approximate surface area is 188 Å². The van der Waals surface area contributed by atoms with Gasteiger partial charge in [0.2, 0.25) is 11.3 Å². The van der Waals surface area contributed by atoms with Crippen molar-refractivity contribution in [3.8, 4) is 0 Å². The Morgan fingerprint density at radius 2 is 1.58 bits per heavy atom. The number of ether oxygens (including phenoxy) is 1. The van der Waals surface area contributed by atoms with Gasteiger partial charge in [-0.15, -0.1) is 0 Å². The van der Waals surface area contributed by atoms with E-state index in [9.17, 15) is 19.2 Å². The monoisotopic (exact) mass is 446 g/mol. The van der Waals surface area contributed by atoms with Gasteiger partial charge >= 0.3 is 5.97 Å². The quantitative estimate of drug-likeness (QED) is 0.320. The highest BCUT2D eigenvalue weighted by molar-refractivity contribution is 5.99. The summed E-state index contributed by atoms with van der Waals surface area (Å²) in [4.78, 5) is 55.8. The molecule has 0 aliphatic carbocycles. The van der Waals surface area contributed by atoms with E-state index in [2.05, 4.69) is 20.6 Å². The molecule has 0 saturated carbocycles. The number of hydrogen-bond donors (Lipinski definition) is 4. The van der Waals surface area contributed by atoms with E-state index in [1.165, 1.54) is 13.3 Å². The molecule has 2 aromatic carbocycles. The Morgan fingerprint density at radius 1 is 0.939 bits per heavy atom. The number of aromatic nitrogens is 2. The van der Waals surface area contributed by atoms with Gasteiger partial charge in [0.15, 0.2) is 0 Å². The molecule has 0 aliphatic rings. The minimum atomic E-state index is -0.942. The van der Waals surface area contributed by atoms with E-state index in [0.29, 0.717) is 10.9 Å². The molecule has 2 heterocycles. The summed E-state index contributed by atoms with van der Waals surface area (Å²) < 4.78 is 4.83. The average Bonchev–Trinajstić information content (AvgIpc) is 3.25. The zero-order chi connectivity index (χ0) is 23.4. The highest BCUT2D eigenvalue weighted by atomic mass is 16.5. The second kappa shape index (κ2) is 9.39. The maximum absolute atomic E-state index is 12.6. The zero-order valence-corrected chi connectivity index (χ0v) is 17.8. The van der Waals surface area contributed by atoms with E-state index in [0.717, 1.165) is 16.5 Å². The van der Waals surface area contributed by atoms with Crippen LogP contribution in [0.15, 0.2) is 65.7 Å². The lowest BCUT2D eigenvalue weighted by Gasteiger charge is -2.16. The number of carbonyl (C=O) groups excluding carboxylic acids is 3. The Balaban J connectivity index is 1.42. The molecule has 0 fully saturated rings. The van der Waals surface area contributed by atoms with Crippen LogP contribution in [0.2, 0.25) is 0 Å². The molecule has 168 valence electrons. The summed E-state index contributed by atoms with van der Waals surface area (Å²) in [5, 5.41) is 6.33. The Morgan fingerprint density at radius 3 is 2.30 bits per heavy atom. The number of H-pyrrole nitrogens is 2. The number of fused-ring (bicyclic) bond motifs is 2. The maximum Gasteiger partial charge on any atom is 0.328 e. The molecule has 4 rings (SSSR count). The second-order valence-electron chi connectivity index (χ2n) is 7.47. The number of esters is 1. The summed E-state index contributed by atoms with van der Waals surface area (Å²) in [6.07, 6.45) is 3.30. The number of methoxy groups -OCH3 is 1. The molecule has 1 atom stereocenters. The van der Waals surface area contributed by atoms with Gasteiger partial charge in [0.1, 0.15) is 11.6 Å². The fraction of sp³-hybridized carbons (Fsp3) is 0.167. The van der Waals surface area contributed by atoms with Crippen molar-refractivity contribution in [3.05, 3.63) is 82.3 Å². The van der Waals surface area contributed by atoms with Crippen LogP contribution in [0.3, 0.4) is 0 Å². The molecule has 2 amide bonds. The number of para-hydroxylation sites is 2. The van der Waals surface area contributed by atoms with Gasteiger partial charge in [0.05, 0.1) is 13.7 Å². The largest absolute Gasteiger partial charge is 0.467 e. The number of carbonyl (C=O) groups is 3. The van der Waals surface area contributed by atoms with Gasteiger partial charge < -0.3 is 25.3 Å². The number of hydrogen-bond acceptors (Lipinski definition) is 5. The van der Waals surface area contributed by atoms with Gasteiger partial charge in [-0.2, -0.15) is 0 Å². The van der Waals surface area contributed by atoms with Crippen molar-refractivity contribution in [1.29, 1.82) is 0 Å². The van der Waals surface area contributed by atoms with Crippen LogP contribution in [0.5, 0.6) is 0 Å². The standard InChI is InChI=1S/C24H22N4O5/c1-33-24(32)20(10-14-11-25-18-8-4-2-6-15(14)18)28-21(29)13-27-23(31)17-12-26-19-9-5-3-7-16(19)22(17)30/h2-9,11-12,20,25H,10,13H2,1H3,(H,26,30)(H,27,31)(H,28,29)/t20-/m1/s1. The normalized spacial score (nSPS) is 11.8. The van der Waals surface area contributed by atoms with Gasteiger partial charge in [-0.1, -0.05) is 30.3 Å². The smallest absolute Gasteiger partial charge is 0.328 e. The van der Waals surface area contributed by atoms with Crippen molar-refractivity contribution in [2.75, 3.05) is 13.7 Å². The van der Waals surface area contributed by atoms with Crippen LogP contribution in [0.25, 0.3) is 21.8 Å². The highest BCUT2D eigenvalue weighted by Crippen LogP contribution is 2.19. The van der Waals surface area contributed by atoms with Gasteiger partial charge in [-0.05, 0) is 23.8 Å². The molecule has 33 heavy (non-hydrogen) atoms. The third-order valence-electron chi connectivity index (χ3n) is 5.36. The van der Waals surface area contributed by atoms with Crippen molar-refractivity contribution in [1.82, 2.24) is 20.6 Å². The fourth-order valence-corrected chi connectivity index (χ4v) is 3.69. The molecule has 4 N–H and O–H groups in total. The first-order chi connectivity index (χ1) is 16.0. The number of aromatic amines is 2. The molecule has 9 heteroatoms. The van der Waals surface area contributed by atoms with Crippen LogP contribution in [0, 0.1) is 0 Å². The van der Waals surface area contributed by atoms with E-state index in [-0.39, 0.29) is 12.0 Å². The lowest BCUT2D eigenvalue weighted by atomic mass is 10.0. The Bertz CT molecular complexity index is 1400. The van der Waals surface area contributed by atoms with E-state index in [1.807, 2.05) is 24.3 Å². The molecule has 0 radical (unpaired) electrons. The van der Waals surface area contributed by atoms with Crippen LogP contribution in [-0.4, -0.2) is 47.4 Å². The molecule has 0 aliphatic heterocycles. The molecule has 9 nitrogen and oxygen atoms in total. The number of pyridine rings is 1. The van der Waals surface area contributed by atoms with Crippen LogP contribution < -0.4 is 16.1 Å². The summed E-state index contributed by atoms with van der Waals surface area (Å²) in [7, 11) is 1.24. The summed E-state index contributed by atoms with van der Waals surface area (Å²) in [6, 6.07) is 13.5. The number of nitrogens with one attached hydrogen (secondary N) is 4. The third-order valence-corrected chi connectivity index (χ3v) is 5.36. The van der Waals surface area contributed by atoms with E-state index in [4.69, 9.17) is 4.74 Å². The number of benzene rings is 2. The Kier molecular flexibility index (Phi) is 6.21. The van der Waals surface area contributed by atoms with Crippen molar-refractivity contribution in [3.63, 3.8) is 0 Å².